The third-order valence-corrected chi connectivity index (χ3v) is 5.72. The van der Waals surface area contributed by atoms with Gasteiger partial charge >= 0.3 is 0 Å². The fourth-order valence-electron chi connectivity index (χ4n) is 4.20. The number of aryl methyl sites for hydroxylation is 1. The number of benzene rings is 2. The van der Waals surface area contributed by atoms with Gasteiger partial charge in [0.1, 0.15) is 11.6 Å². The van der Waals surface area contributed by atoms with Crippen LogP contribution in [0.15, 0.2) is 40.9 Å². The first-order valence-electron chi connectivity index (χ1n) is 10.1. The van der Waals surface area contributed by atoms with E-state index in [4.69, 9.17) is 9.15 Å². The average Bonchev–Trinajstić information content (AvgIpc) is 3.43. The maximum absolute atomic E-state index is 13.8. The number of hydrogen-bond donors (Lipinski definition) is 0. The van der Waals surface area contributed by atoms with Crippen molar-refractivity contribution >= 4 is 0 Å². The van der Waals surface area contributed by atoms with Crippen molar-refractivity contribution in [3.8, 4) is 28.5 Å². The predicted molar refractivity (Wildman–Crippen MR) is 110 cm³/mol. The van der Waals surface area contributed by atoms with E-state index in [1.54, 1.807) is 20.2 Å². The van der Waals surface area contributed by atoms with Crippen LogP contribution in [0.25, 0.3) is 22.7 Å². The van der Waals surface area contributed by atoms with E-state index in [1.807, 2.05) is 22.8 Å². The Balaban J connectivity index is 1.55. The second-order valence-corrected chi connectivity index (χ2v) is 7.69. The molecule has 3 heterocycles. The molecule has 1 aliphatic rings. The zero-order valence-electron chi connectivity index (χ0n) is 17.4. The van der Waals surface area contributed by atoms with Crippen LogP contribution in [0, 0.1) is 24.4 Å². The van der Waals surface area contributed by atoms with Crippen LogP contribution < -0.4 is 4.74 Å². The number of oxazole rings is 1. The lowest BCUT2D eigenvalue weighted by Crippen LogP contribution is -2.18. The minimum atomic E-state index is -1.47. The van der Waals surface area contributed by atoms with Crippen molar-refractivity contribution in [3.63, 3.8) is 0 Å². The molecule has 5 rings (SSSR count). The van der Waals surface area contributed by atoms with Crippen LogP contribution in [0.1, 0.15) is 36.0 Å². The van der Waals surface area contributed by atoms with E-state index >= 15 is 0 Å². The molecule has 0 aliphatic carbocycles. The first kappa shape index (κ1) is 20.3. The molecule has 32 heavy (non-hydrogen) atoms. The van der Waals surface area contributed by atoms with Gasteiger partial charge in [0.25, 0.3) is 0 Å². The summed E-state index contributed by atoms with van der Waals surface area (Å²) in [4.78, 5) is 4.13. The molecule has 2 aromatic carbocycles. The Morgan fingerprint density at radius 1 is 1.09 bits per heavy atom. The first-order valence-corrected chi connectivity index (χ1v) is 10.1. The van der Waals surface area contributed by atoms with Crippen LogP contribution in [0.3, 0.4) is 0 Å². The van der Waals surface area contributed by atoms with Gasteiger partial charge in [0, 0.05) is 24.9 Å². The van der Waals surface area contributed by atoms with Gasteiger partial charge in [-0.2, -0.15) is 0 Å². The van der Waals surface area contributed by atoms with Crippen LogP contribution >= 0.6 is 0 Å². The monoisotopic (exact) mass is 440 g/mol. The standard InChI is InChI=1S/C23H19F3N4O2/c1-12-27-11-20(32-12)16-6-5-13(10-19(16)31-2)22-28-29-23-15(4-3-7-30(22)23)14-8-17(24)21(26)18(25)9-14/h5-6,8-11,15H,3-4,7H2,1-2H3. The smallest absolute Gasteiger partial charge is 0.194 e. The SMILES string of the molecule is COc1cc(-c2nnc3n2CCCC3c2cc(F)c(F)c(F)c2)ccc1-c1cnc(C)o1. The molecule has 0 saturated carbocycles. The number of fused-ring (bicyclic) bond motifs is 1. The summed E-state index contributed by atoms with van der Waals surface area (Å²) in [5.41, 5.74) is 1.87. The topological polar surface area (TPSA) is 66.0 Å². The van der Waals surface area contributed by atoms with Crippen molar-refractivity contribution in [1.82, 2.24) is 19.7 Å². The van der Waals surface area contributed by atoms with E-state index in [0.717, 1.165) is 29.7 Å². The Hall–Kier alpha value is -3.62. The molecule has 4 aromatic rings. The van der Waals surface area contributed by atoms with Crippen molar-refractivity contribution in [3.05, 3.63) is 71.3 Å². The molecule has 0 N–H and O–H groups in total. The Bertz CT molecular complexity index is 1290. The molecule has 0 bridgehead atoms. The highest BCUT2D eigenvalue weighted by atomic mass is 19.2. The van der Waals surface area contributed by atoms with Crippen molar-refractivity contribution < 1.29 is 22.3 Å². The maximum atomic E-state index is 13.8. The molecule has 0 fully saturated rings. The molecule has 0 radical (unpaired) electrons. The quantitative estimate of drug-likeness (QED) is 0.405. The lowest BCUT2D eigenvalue weighted by Gasteiger charge is -2.24. The number of ether oxygens (including phenoxy) is 1. The van der Waals surface area contributed by atoms with E-state index in [2.05, 4.69) is 15.2 Å². The minimum Gasteiger partial charge on any atom is -0.496 e. The molecular weight excluding hydrogens is 421 g/mol. The molecule has 164 valence electrons. The number of methoxy groups -OCH3 is 1. The summed E-state index contributed by atoms with van der Waals surface area (Å²) >= 11 is 0. The summed E-state index contributed by atoms with van der Waals surface area (Å²) in [7, 11) is 1.57. The molecule has 6 nitrogen and oxygen atoms in total. The Labute approximate surface area is 181 Å². The number of aromatic nitrogens is 4. The number of halogens is 3. The van der Waals surface area contributed by atoms with E-state index < -0.39 is 17.5 Å². The Morgan fingerprint density at radius 2 is 1.88 bits per heavy atom. The fraction of sp³-hybridized carbons (Fsp3) is 0.261. The Kier molecular flexibility index (Phi) is 4.96. The maximum Gasteiger partial charge on any atom is 0.194 e. The van der Waals surface area contributed by atoms with Crippen molar-refractivity contribution in [2.75, 3.05) is 7.11 Å². The minimum absolute atomic E-state index is 0.343. The van der Waals surface area contributed by atoms with Crippen molar-refractivity contribution in [2.45, 2.75) is 32.2 Å². The number of rotatable bonds is 4. The second kappa shape index (κ2) is 7.81. The lowest BCUT2D eigenvalue weighted by atomic mass is 9.90. The van der Waals surface area contributed by atoms with Gasteiger partial charge in [0.2, 0.25) is 0 Å². The molecule has 2 aromatic heterocycles. The molecular formula is C23H19F3N4O2. The van der Waals surface area contributed by atoms with Crippen LogP contribution in [0.4, 0.5) is 13.2 Å². The molecule has 0 amide bonds. The normalized spacial score (nSPS) is 15.6. The summed E-state index contributed by atoms with van der Waals surface area (Å²) in [6, 6.07) is 7.65. The highest BCUT2D eigenvalue weighted by molar-refractivity contribution is 5.71. The highest BCUT2D eigenvalue weighted by Crippen LogP contribution is 2.38. The average molecular weight is 440 g/mol. The van der Waals surface area contributed by atoms with Gasteiger partial charge in [0.05, 0.1) is 18.9 Å². The zero-order chi connectivity index (χ0) is 22.4. The van der Waals surface area contributed by atoms with E-state index in [-0.39, 0.29) is 5.92 Å². The van der Waals surface area contributed by atoms with Gasteiger partial charge in [-0.1, -0.05) is 6.07 Å². The molecule has 0 saturated heterocycles. The lowest BCUT2D eigenvalue weighted by molar-refractivity contribution is 0.414. The van der Waals surface area contributed by atoms with Gasteiger partial charge < -0.3 is 13.7 Å². The van der Waals surface area contributed by atoms with Gasteiger partial charge in [-0.3, -0.25) is 0 Å². The van der Waals surface area contributed by atoms with Crippen LogP contribution in [0.2, 0.25) is 0 Å². The molecule has 1 atom stereocenters. The van der Waals surface area contributed by atoms with E-state index in [9.17, 15) is 13.2 Å². The first-order chi connectivity index (χ1) is 15.5. The summed E-state index contributed by atoms with van der Waals surface area (Å²) in [5, 5.41) is 8.67. The fourth-order valence-corrected chi connectivity index (χ4v) is 4.20. The summed E-state index contributed by atoms with van der Waals surface area (Å²) < 4.78 is 54.2. The molecule has 9 heteroatoms. The largest absolute Gasteiger partial charge is 0.496 e. The van der Waals surface area contributed by atoms with Gasteiger partial charge in [0.15, 0.2) is 34.9 Å². The predicted octanol–water partition coefficient (Wildman–Crippen LogP) is 5.26. The second-order valence-electron chi connectivity index (χ2n) is 7.69. The van der Waals surface area contributed by atoms with Crippen LogP contribution in [0.5, 0.6) is 5.75 Å². The van der Waals surface area contributed by atoms with E-state index in [1.165, 1.54) is 0 Å². The van der Waals surface area contributed by atoms with Gasteiger partial charge in [-0.05, 0) is 42.7 Å². The summed E-state index contributed by atoms with van der Waals surface area (Å²) in [6.07, 6.45) is 3.03. The third kappa shape index (κ3) is 3.34. The zero-order valence-corrected chi connectivity index (χ0v) is 17.4. The van der Waals surface area contributed by atoms with Crippen LogP contribution in [-0.4, -0.2) is 26.9 Å². The van der Waals surface area contributed by atoms with E-state index in [0.29, 0.717) is 47.6 Å². The Morgan fingerprint density at radius 3 is 2.56 bits per heavy atom. The van der Waals surface area contributed by atoms with Crippen molar-refractivity contribution in [1.29, 1.82) is 0 Å². The molecule has 0 spiro atoms. The molecule has 1 unspecified atom stereocenters. The number of nitrogens with zero attached hydrogens (tertiary/aromatic N) is 4. The highest BCUT2D eigenvalue weighted by Gasteiger charge is 2.29. The van der Waals surface area contributed by atoms with Gasteiger partial charge in [-0.25, -0.2) is 18.2 Å². The van der Waals surface area contributed by atoms with Gasteiger partial charge in [-0.15, -0.1) is 10.2 Å². The third-order valence-electron chi connectivity index (χ3n) is 5.72. The summed E-state index contributed by atoms with van der Waals surface area (Å²) in [5.74, 6) is -1.33. The molecule has 1 aliphatic heterocycles. The van der Waals surface area contributed by atoms with Crippen LogP contribution in [-0.2, 0) is 6.54 Å². The summed E-state index contributed by atoms with van der Waals surface area (Å²) in [6.45, 7) is 2.42. The number of hydrogen-bond acceptors (Lipinski definition) is 5. The van der Waals surface area contributed by atoms with Crippen molar-refractivity contribution in [2.24, 2.45) is 0 Å².